The highest BCUT2D eigenvalue weighted by molar-refractivity contribution is 5.87. The highest BCUT2D eigenvalue weighted by Gasteiger charge is 2.07. The zero-order valence-electron chi connectivity index (χ0n) is 9.34. The van der Waals surface area contributed by atoms with E-state index < -0.39 is 5.91 Å². The SMILES string of the molecule is COc1cccc2c(=O)n(CC(N)=O)ccc12. The fourth-order valence-electron chi connectivity index (χ4n) is 1.76. The van der Waals surface area contributed by atoms with Crippen molar-refractivity contribution in [2.75, 3.05) is 7.11 Å². The van der Waals surface area contributed by atoms with Gasteiger partial charge in [-0.2, -0.15) is 0 Å². The molecule has 0 saturated heterocycles. The predicted octanol–water partition coefficient (Wildman–Crippen LogP) is 0.495. The van der Waals surface area contributed by atoms with E-state index in [0.29, 0.717) is 11.1 Å². The molecule has 0 aliphatic rings. The van der Waals surface area contributed by atoms with Gasteiger partial charge in [0.25, 0.3) is 5.56 Å². The summed E-state index contributed by atoms with van der Waals surface area (Å²) in [5, 5.41) is 1.23. The first kappa shape index (κ1) is 11.2. The number of carbonyl (C=O) groups excluding carboxylic acids is 1. The Hall–Kier alpha value is -2.30. The van der Waals surface area contributed by atoms with Crippen LogP contribution in [0.4, 0.5) is 0 Å². The first-order valence-electron chi connectivity index (χ1n) is 5.08. The average molecular weight is 232 g/mol. The monoisotopic (exact) mass is 232 g/mol. The summed E-state index contributed by atoms with van der Waals surface area (Å²) in [5.41, 5.74) is 4.82. The molecule has 1 heterocycles. The predicted molar refractivity (Wildman–Crippen MR) is 64.0 cm³/mol. The molecule has 0 aliphatic carbocycles. The van der Waals surface area contributed by atoms with Crippen molar-refractivity contribution in [1.82, 2.24) is 4.57 Å². The first-order valence-corrected chi connectivity index (χ1v) is 5.08. The van der Waals surface area contributed by atoms with E-state index in [2.05, 4.69) is 0 Å². The Kier molecular flexibility index (Phi) is 2.82. The molecule has 0 atom stereocenters. The molecule has 0 unspecified atom stereocenters. The number of rotatable bonds is 3. The van der Waals surface area contributed by atoms with Crippen LogP contribution in [0.3, 0.4) is 0 Å². The molecule has 0 fully saturated rings. The maximum atomic E-state index is 12.0. The fraction of sp³-hybridized carbons (Fsp3) is 0.167. The molecule has 2 aromatic rings. The van der Waals surface area contributed by atoms with Crippen LogP contribution in [0.25, 0.3) is 10.8 Å². The topological polar surface area (TPSA) is 74.3 Å². The summed E-state index contributed by atoms with van der Waals surface area (Å²) in [6.07, 6.45) is 1.54. The molecule has 1 amide bonds. The van der Waals surface area contributed by atoms with E-state index in [4.69, 9.17) is 10.5 Å². The number of amides is 1. The molecular weight excluding hydrogens is 220 g/mol. The normalized spacial score (nSPS) is 10.4. The number of aromatic nitrogens is 1. The molecule has 0 radical (unpaired) electrons. The fourth-order valence-corrected chi connectivity index (χ4v) is 1.76. The zero-order chi connectivity index (χ0) is 12.4. The van der Waals surface area contributed by atoms with Gasteiger partial charge < -0.3 is 15.0 Å². The molecular formula is C12H12N2O3. The molecule has 2 N–H and O–H groups in total. The van der Waals surface area contributed by atoms with Gasteiger partial charge in [0.05, 0.1) is 12.5 Å². The van der Waals surface area contributed by atoms with Gasteiger partial charge in [0, 0.05) is 11.6 Å². The number of benzene rings is 1. The van der Waals surface area contributed by atoms with E-state index in [-0.39, 0.29) is 12.1 Å². The summed E-state index contributed by atoms with van der Waals surface area (Å²) >= 11 is 0. The Morgan fingerprint density at radius 3 is 2.76 bits per heavy atom. The molecule has 88 valence electrons. The lowest BCUT2D eigenvalue weighted by atomic mass is 10.1. The van der Waals surface area contributed by atoms with Crippen LogP contribution in [-0.4, -0.2) is 17.6 Å². The number of ether oxygens (including phenoxy) is 1. The number of fused-ring (bicyclic) bond motifs is 1. The van der Waals surface area contributed by atoms with Crippen molar-refractivity contribution in [2.45, 2.75) is 6.54 Å². The van der Waals surface area contributed by atoms with Crippen LogP contribution in [0, 0.1) is 0 Å². The van der Waals surface area contributed by atoms with Crippen molar-refractivity contribution in [3.63, 3.8) is 0 Å². The Morgan fingerprint density at radius 2 is 2.12 bits per heavy atom. The number of nitrogens with two attached hydrogens (primary N) is 1. The van der Waals surface area contributed by atoms with E-state index in [1.54, 1.807) is 31.4 Å². The number of primary amides is 1. The first-order chi connectivity index (χ1) is 8.13. The maximum Gasteiger partial charge on any atom is 0.259 e. The summed E-state index contributed by atoms with van der Waals surface area (Å²) in [6.45, 7) is -0.119. The molecule has 1 aromatic carbocycles. The molecule has 0 bridgehead atoms. The summed E-state index contributed by atoms with van der Waals surface area (Å²) < 4.78 is 6.45. The number of carbonyl (C=O) groups is 1. The highest BCUT2D eigenvalue weighted by Crippen LogP contribution is 2.22. The smallest absolute Gasteiger partial charge is 0.259 e. The molecule has 0 saturated carbocycles. The van der Waals surface area contributed by atoms with Crippen LogP contribution < -0.4 is 16.0 Å². The number of nitrogens with zero attached hydrogens (tertiary/aromatic N) is 1. The maximum absolute atomic E-state index is 12.0. The van der Waals surface area contributed by atoms with E-state index in [0.717, 1.165) is 5.39 Å². The van der Waals surface area contributed by atoms with Gasteiger partial charge in [-0.25, -0.2) is 0 Å². The molecule has 17 heavy (non-hydrogen) atoms. The third kappa shape index (κ3) is 1.99. The van der Waals surface area contributed by atoms with Gasteiger partial charge in [0.1, 0.15) is 12.3 Å². The summed E-state index contributed by atoms with van der Waals surface area (Å²) in [4.78, 5) is 22.8. The van der Waals surface area contributed by atoms with Gasteiger partial charge in [-0.05, 0) is 18.2 Å². The lowest BCUT2D eigenvalue weighted by Crippen LogP contribution is -2.27. The zero-order valence-corrected chi connectivity index (χ0v) is 9.34. The second-order valence-corrected chi connectivity index (χ2v) is 3.64. The van der Waals surface area contributed by atoms with Gasteiger partial charge in [0.15, 0.2) is 0 Å². The second-order valence-electron chi connectivity index (χ2n) is 3.64. The Labute approximate surface area is 97.4 Å². The number of hydrogen-bond donors (Lipinski definition) is 1. The third-order valence-electron chi connectivity index (χ3n) is 2.52. The van der Waals surface area contributed by atoms with Crippen molar-refractivity contribution in [3.05, 3.63) is 40.8 Å². The lowest BCUT2D eigenvalue weighted by molar-refractivity contribution is -0.118. The van der Waals surface area contributed by atoms with Crippen LogP contribution in [0.15, 0.2) is 35.3 Å². The van der Waals surface area contributed by atoms with Gasteiger partial charge in [-0.1, -0.05) is 6.07 Å². The van der Waals surface area contributed by atoms with Crippen LogP contribution >= 0.6 is 0 Å². The van der Waals surface area contributed by atoms with Gasteiger partial charge in [-0.15, -0.1) is 0 Å². The van der Waals surface area contributed by atoms with Crippen LogP contribution in [0.1, 0.15) is 0 Å². The minimum Gasteiger partial charge on any atom is -0.496 e. The van der Waals surface area contributed by atoms with Gasteiger partial charge in [-0.3, -0.25) is 9.59 Å². The highest BCUT2D eigenvalue weighted by atomic mass is 16.5. The van der Waals surface area contributed by atoms with Crippen LogP contribution in [0.5, 0.6) is 5.75 Å². The Bertz CT molecular complexity index is 631. The van der Waals surface area contributed by atoms with Crippen molar-refractivity contribution in [2.24, 2.45) is 5.73 Å². The number of methoxy groups -OCH3 is 1. The molecule has 0 spiro atoms. The van der Waals surface area contributed by atoms with Crippen molar-refractivity contribution >= 4 is 16.7 Å². The van der Waals surface area contributed by atoms with Gasteiger partial charge >= 0.3 is 0 Å². The second kappa shape index (κ2) is 4.29. The van der Waals surface area contributed by atoms with E-state index in [9.17, 15) is 9.59 Å². The van der Waals surface area contributed by atoms with Crippen molar-refractivity contribution in [3.8, 4) is 5.75 Å². The summed E-state index contributed by atoms with van der Waals surface area (Å²) in [6, 6.07) is 6.94. The Balaban J connectivity index is 2.68. The molecule has 0 aliphatic heterocycles. The largest absolute Gasteiger partial charge is 0.496 e. The molecule has 2 rings (SSSR count). The minimum atomic E-state index is -0.547. The number of pyridine rings is 1. The van der Waals surface area contributed by atoms with Gasteiger partial charge in [0.2, 0.25) is 5.91 Å². The van der Waals surface area contributed by atoms with Crippen LogP contribution in [0.2, 0.25) is 0 Å². The molecule has 5 nitrogen and oxygen atoms in total. The quantitative estimate of drug-likeness (QED) is 0.837. The average Bonchev–Trinajstić information content (AvgIpc) is 2.31. The van der Waals surface area contributed by atoms with E-state index >= 15 is 0 Å². The van der Waals surface area contributed by atoms with Crippen molar-refractivity contribution < 1.29 is 9.53 Å². The lowest BCUT2D eigenvalue weighted by Gasteiger charge is -2.07. The summed E-state index contributed by atoms with van der Waals surface area (Å²) in [7, 11) is 1.55. The van der Waals surface area contributed by atoms with Crippen LogP contribution in [-0.2, 0) is 11.3 Å². The molecule has 1 aromatic heterocycles. The minimum absolute atomic E-state index is 0.119. The standard InChI is InChI=1S/C12H12N2O3/c1-17-10-4-2-3-9-8(10)5-6-14(12(9)16)7-11(13)15/h2-6H,7H2,1H3,(H2,13,15). The summed E-state index contributed by atoms with van der Waals surface area (Å²) in [5.74, 6) is 0.0835. The van der Waals surface area contributed by atoms with E-state index in [1.165, 1.54) is 10.8 Å². The van der Waals surface area contributed by atoms with Crippen molar-refractivity contribution in [1.29, 1.82) is 0 Å². The van der Waals surface area contributed by atoms with E-state index in [1.807, 2.05) is 0 Å². The number of hydrogen-bond acceptors (Lipinski definition) is 3. The Morgan fingerprint density at radius 1 is 1.35 bits per heavy atom. The third-order valence-corrected chi connectivity index (χ3v) is 2.52. The molecule has 5 heteroatoms.